The summed E-state index contributed by atoms with van der Waals surface area (Å²) in [5.74, 6) is 0. The fourth-order valence-corrected chi connectivity index (χ4v) is 4.21. The van der Waals surface area contributed by atoms with Gasteiger partial charge in [-0.1, -0.05) is 23.7 Å². The average Bonchev–Trinajstić information content (AvgIpc) is 2.68. The normalized spacial score (nSPS) is 16.5. The number of halogens is 1. The summed E-state index contributed by atoms with van der Waals surface area (Å²) in [7, 11) is -3.44. The number of nitrogens with zero attached hydrogens (tertiary/aromatic N) is 2. The molecule has 0 spiro atoms. The summed E-state index contributed by atoms with van der Waals surface area (Å²) in [5.41, 5.74) is 5.40. The van der Waals surface area contributed by atoms with Gasteiger partial charge >= 0.3 is 0 Å². The molecular formula is C18H21ClN4O2S. The van der Waals surface area contributed by atoms with E-state index >= 15 is 0 Å². The Kier molecular flexibility index (Phi) is 5.93. The zero-order chi connectivity index (χ0) is 18.6. The van der Waals surface area contributed by atoms with Gasteiger partial charge in [-0.05, 0) is 48.9 Å². The van der Waals surface area contributed by atoms with Gasteiger partial charge in [0.05, 0.1) is 16.3 Å². The lowest BCUT2D eigenvalue weighted by Gasteiger charge is -2.26. The molecule has 6 nitrogen and oxygen atoms in total. The van der Waals surface area contributed by atoms with Gasteiger partial charge in [-0.2, -0.15) is 9.41 Å². The first kappa shape index (κ1) is 18.8. The molecule has 2 N–H and O–H groups in total. The highest BCUT2D eigenvalue weighted by Crippen LogP contribution is 2.18. The third-order valence-corrected chi connectivity index (χ3v) is 6.35. The Bertz CT molecular complexity index is 874. The molecule has 2 aromatic rings. The van der Waals surface area contributed by atoms with Crippen molar-refractivity contribution < 1.29 is 8.42 Å². The lowest BCUT2D eigenvalue weighted by molar-refractivity contribution is 0.360. The van der Waals surface area contributed by atoms with Gasteiger partial charge in [0.2, 0.25) is 10.0 Å². The van der Waals surface area contributed by atoms with Crippen molar-refractivity contribution in [1.82, 2.24) is 9.62 Å². The van der Waals surface area contributed by atoms with Crippen LogP contribution in [0.3, 0.4) is 0 Å². The van der Waals surface area contributed by atoms with Crippen molar-refractivity contribution in [2.75, 3.05) is 31.6 Å². The van der Waals surface area contributed by atoms with E-state index in [9.17, 15) is 8.42 Å². The van der Waals surface area contributed by atoms with Gasteiger partial charge in [0.25, 0.3) is 0 Å². The third-order valence-electron chi connectivity index (χ3n) is 4.18. The van der Waals surface area contributed by atoms with Crippen LogP contribution in [0.1, 0.15) is 12.5 Å². The summed E-state index contributed by atoms with van der Waals surface area (Å²) in [5, 5.41) is 8.15. The number of rotatable bonds is 5. The lowest BCUT2D eigenvalue weighted by atomic mass is 10.1. The number of hydrazone groups is 1. The Morgan fingerprint density at radius 2 is 1.69 bits per heavy atom. The van der Waals surface area contributed by atoms with Gasteiger partial charge in [-0.3, -0.25) is 5.43 Å². The van der Waals surface area contributed by atoms with E-state index in [1.54, 1.807) is 36.4 Å². The largest absolute Gasteiger partial charge is 0.314 e. The van der Waals surface area contributed by atoms with Crippen LogP contribution in [0.2, 0.25) is 5.02 Å². The van der Waals surface area contributed by atoms with Gasteiger partial charge in [0.15, 0.2) is 0 Å². The fraction of sp³-hybridized carbons (Fsp3) is 0.278. The highest BCUT2D eigenvalue weighted by molar-refractivity contribution is 7.89. The summed E-state index contributed by atoms with van der Waals surface area (Å²) in [6.45, 7) is 4.22. The van der Waals surface area contributed by atoms with Crippen molar-refractivity contribution in [2.45, 2.75) is 11.8 Å². The van der Waals surface area contributed by atoms with E-state index in [1.807, 2.05) is 19.1 Å². The molecule has 1 heterocycles. The molecule has 2 aromatic carbocycles. The second-order valence-corrected chi connectivity index (χ2v) is 8.37. The highest BCUT2D eigenvalue weighted by Gasteiger charge is 2.25. The molecule has 1 fully saturated rings. The molecule has 0 unspecified atom stereocenters. The van der Waals surface area contributed by atoms with Crippen molar-refractivity contribution in [3.05, 3.63) is 59.1 Å². The number of hydrogen-bond acceptors (Lipinski definition) is 5. The minimum absolute atomic E-state index is 0.307. The van der Waals surface area contributed by atoms with Crippen LogP contribution in [-0.4, -0.2) is 44.6 Å². The molecule has 0 atom stereocenters. The van der Waals surface area contributed by atoms with E-state index in [4.69, 9.17) is 11.6 Å². The minimum Gasteiger partial charge on any atom is -0.314 e. The molecule has 26 heavy (non-hydrogen) atoms. The summed E-state index contributed by atoms with van der Waals surface area (Å²) >= 11 is 5.86. The first-order chi connectivity index (χ1) is 12.5. The first-order valence-electron chi connectivity index (χ1n) is 8.34. The van der Waals surface area contributed by atoms with Crippen molar-refractivity contribution >= 4 is 33.0 Å². The maximum absolute atomic E-state index is 12.7. The van der Waals surface area contributed by atoms with E-state index < -0.39 is 10.0 Å². The number of hydrogen-bond donors (Lipinski definition) is 2. The van der Waals surface area contributed by atoms with Gasteiger partial charge in [-0.15, -0.1) is 0 Å². The highest BCUT2D eigenvalue weighted by atomic mass is 35.5. The lowest BCUT2D eigenvalue weighted by Crippen LogP contribution is -2.46. The second-order valence-electron chi connectivity index (χ2n) is 5.99. The molecular weight excluding hydrogens is 372 g/mol. The number of benzene rings is 2. The first-order valence-corrected chi connectivity index (χ1v) is 10.2. The van der Waals surface area contributed by atoms with E-state index in [0.29, 0.717) is 36.1 Å². The summed E-state index contributed by atoms with van der Waals surface area (Å²) in [4.78, 5) is 0.307. The van der Waals surface area contributed by atoms with Crippen molar-refractivity contribution in [2.24, 2.45) is 5.10 Å². The van der Waals surface area contributed by atoms with Crippen LogP contribution in [-0.2, 0) is 10.0 Å². The van der Waals surface area contributed by atoms with Crippen LogP contribution in [0.5, 0.6) is 0 Å². The zero-order valence-corrected chi connectivity index (χ0v) is 16.0. The molecule has 1 aliphatic heterocycles. The van der Waals surface area contributed by atoms with Crippen LogP contribution < -0.4 is 10.7 Å². The van der Waals surface area contributed by atoms with Crippen LogP contribution >= 0.6 is 11.6 Å². The predicted molar refractivity (Wildman–Crippen MR) is 105 cm³/mol. The van der Waals surface area contributed by atoms with Crippen LogP contribution in [0.4, 0.5) is 5.69 Å². The number of anilines is 1. The standard InChI is InChI=1S/C18H21ClN4O2S/c1-14(21-22-17-6-4-16(19)5-7-17)15-2-8-18(9-3-15)26(24,25)23-12-10-20-11-13-23/h2-9,20,22H,10-13H2,1H3/b21-14-. The summed E-state index contributed by atoms with van der Waals surface area (Å²) < 4.78 is 26.8. The fourth-order valence-electron chi connectivity index (χ4n) is 2.64. The van der Waals surface area contributed by atoms with Crippen LogP contribution in [0, 0.1) is 0 Å². The van der Waals surface area contributed by atoms with Gasteiger partial charge in [0, 0.05) is 31.2 Å². The van der Waals surface area contributed by atoms with Crippen molar-refractivity contribution in [1.29, 1.82) is 0 Å². The molecule has 1 saturated heterocycles. The Labute approximate surface area is 158 Å². The summed E-state index contributed by atoms with van der Waals surface area (Å²) in [6, 6.07) is 14.1. The second kappa shape index (κ2) is 8.18. The van der Waals surface area contributed by atoms with E-state index in [2.05, 4.69) is 15.8 Å². The van der Waals surface area contributed by atoms with E-state index in [1.165, 1.54) is 4.31 Å². The average molecular weight is 393 g/mol. The zero-order valence-electron chi connectivity index (χ0n) is 14.4. The third kappa shape index (κ3) is 4.42. The Morgan fingerprint density at radius 1 is 1.08 bits per heavy atom. The Hall–Kier alpha value is -1.93. The van der Waals surface area contributed by atoms with Crippen molar-refractivity contribution in [3.63, 3.8) is 0 Å². The molecule has 138 valence electrons. The molecule has 0 amide bonds. The number of sulfonamides is 1. The van der Waals surface area contributed by atoms with Gasteiger partial charge in [0.1, 0.15) is 0 Å². The smallest absolute Gasteiger partial charge is 0.243 e. The maximum Gasteiger partial charge on any atom is 0.243 e. The maximum atomic E-state index is 12.7. The minimum atomic E-state index is -3.44. The monoisotopic (exact) mass is 392 g/mol. The Morgan fingerprint density at radius 3 is 2.31 bits per heavy atom. The topological polar surface area (TPSA) is 73.8 Å². The van der Waals surface area contributed by atoms with E-state index in [-0.39, 0.29) is 0 Å². The van der Waals surface area contributed by atoms with Gasteiger partial charge in [-0.25, -0.2) is 8.42 Å². The van der Waals surface area contributed by atoms with Crippen molar-refractivity contribution in [3.8, 4) is 0 Å². The summed E-state index contributed by atoms with van der Waals surface area (Å²) in [6.07, 6.45) is 0. The molecule has 0 radical (unpaired) electrons. The predicted octanol–water partition coefficient (Wildman–Crippen LogP) is 2.77. The SMILES string of the molecule is C/C(=N/Nc1ccc(Cl)cc1)c1ccc(S(=O)(=O)N2CCNCC2)cc1. The molecule has 0 aliphatic carbocycles. The molecule has 0 aromatic heterocycles. The molecule has 0 bridgehead atoms. The van der Waals surface area contributed by atoms with Gasteiger partial charge < -0.3 is 5.32 Å². The van der Waals surface area contributed by atoms with E-state index in [0.717, 1.165) is 17.0 Å². The molecule has 8 heteroatoms. The number of piperazine rings is 1. The quantitative estimate of drug-likeness (QED) is 0.606. The van der Waals surface area contributed by atoms with Crippen LogP contribution in [0.25, 0.3) is 0 Å². The molecule has 0 saturated carbocycles. The van der Waals surface area contributed by atoms with Crippen LogP contribution in [0.15, 0.2) is 58.5 Å². The molecule has 3 rings (SSSR count). The Balaban J connectivity index is 1.72. The number of nitrogens with one attached hydrogen (secondary N) is 2. The molecule has 1 aliphatic rings.